The average Bonchev–Trinajstić information content (AvgIpc) is 3.99. The van der Waals surface area contributed by atoms with Gasteiger partial charge >= 0.3 is 0 Å². The standard InChI is InChI=1S/C79H47N3O/c1-2-14-50(15-3-1)79-80-73-47-77-72(46-78(73)83-79)71-45-54(33-41-76(71)82(77)56-36-28-49(29-37-56)52-31-39-66-62-21-7-5-17-58(62)60-19-9-11-23-64(60)69(66)43-52)53-32-40-75-70(44-53)67-24-12-13-25-74(67)81(75)55-34-26-48(27-35-55)51-30-38-65-61-20-6-4-16-57(61)59-18-8-10-22-63(59)68(65)42-51/h1-47H. The van der Waals surface area contributed by atoms with Gasteiger partial charge < -0.3 is 13.6 Å². The van der Waals surface area contributed by atoms with Gasteiger partial charge in [-0.2, -0.15) is 0 Å². The number of benzene rings is 15. The lowest BCUT2D eigenvalue weighted by atomic mass is 9.92. The van der Waals surface area contributed by atoms with E-state index in [4.69, 9.17) is 9.40 Å². The van der Waals surface area contributed by atoms with Gasteiger partial charge in [0.2, 0.25) is 5.89 Å². The lowest BCUT2D eigenvalue weighted by molar-refractivity contribution is 0.620. The van der Waals surface area contributed by atoms with Gasteiger partial charge in [0.15, 0.2) is 5.58 Å². The highest BCUT2D eigenvalue weighted by atomic mass is 16.3. The van der Waals surface area contributed by atoms with Crippen molar-refractivity contribution in [2.45, 2.75) is 0 Å². The zero-order chi connectivity index (χ0) is 54.3. The fraction of sp³-hybridized carbons (Fsp3) is 0. The number of hydrogen-bond donors (Lipinski definition) is 0. The Morgan fingerprint density at radius 3 is 1.05 bits per heavy atom. The fourth-order valence-electron chi connectivity index (χ4n) is 13.8. The van der Waals surface area contributed by atoms with Crippen LogP contribution in [0.15, 0.2) is 290 Å². The van der Waals surface area contributed by atoms with Crippen LogP contribution in [-0.2, 0) is 0 Å². The molecule has 0 aliphatic carbocycles. The van der Waals surface area contributed by atoms with E-state index in [1.165, 1.54) is 109 Å². The van der Waals surface area contributed by atoms with Crippen LogP contribution in [0.5, 0.6) is 0 Å². The second-order valence-corrected chi connectivity index (χ2v) is 22.2. The molecule has 0 saturated heterocycles. The molecule has 0 unspecified atom stereocenters. The van der Waals surface area contributed by atoms with Gasteiger partial charge in [-0.15, -0.1) is 0 Å². The van der Waals surface area contributed by atoms with E-state index in [0.29, 0.717) is 5.89 Å². The molecule has 83 heavy (non-hydrogen) atoms. The van der Waals surface area contributed by atoms with E-state index in [9.17, 15) is 0 Å². The summed E-state index contributed by atoms with van der Waals surface area (Å²) >= 11 is 0. The third-order valence-electron chi connectivity index (χ3n) is 17.7. The van der Waals surface area contributed by atoms with Gasteiger partial charge in [0.25, 0.3) is 0 Å². The lowest BCUT2D eigenvalue weighted by Gasteiger charge is -2.13. The van der Waals surface area contributed by atoms with Gasteiger partial charge in [0, 0.05) is 38.5 Å². The van der Waals surface area contributed by atoms with Gasteiger partial charge in [0.05, 0.1) is 22.1 Å². The number of rotatable bonds is 6. The van der Waals surface area contributed by atoms with Crippen molar-refractivity contribution in [1.29, 1.82) is 0 Å². The van der Waals surface area contributed by atoms with E-state index in [0.717, 1.165) is 61.0 Å². The van der Waals surface area contributed by atoms with Crippen LogP contribution in [0.25, 0.3) is 176 Å². The van der Waals surface area contributed by atoms with E-state index in [1.54, 1.807) is 0 Å². The predicted octanol–water partition coefficient (Wildman–Crippen LogP) is 21.6. The van der Waals surface area contributed by atoms with Crippen molar-refractivity contribution in [3.63, 3.8) is 0 Å². The summed E-state index contributed by atoms with van der Waals surface area (Å²) in [6.07, 6.45) is 0. The molecule has 0 amide bonds. The molecule has 3 heterocycles. The maximum atomic E-state index is 6.56. The molecule has 4 nitrogen and oxygen atoms in total. The lowest BCUT2D eigenvalue weighted by Crippen LogP contribution is -1.94. The summed E-state index contributed by atoms with van der Waals surface area (Å²) in [7, 11) is 0. The van der Waals surface area contributed by atoms with Gasteiger partial charge in [0.1, 0.15) is 5.52 Å². The molecule has 0 fully saturated rings. The molecule has 3 aromatic heterocycles. The topological polar surface area (TPSA) is 35.9 Å². The number of aromatic nitrogens is 3. The summed E-state index contributed by atoms with van der Waals surface area (Å²) in [6.45, 7) is 0. The first kappa shape index (κ1) is 45.8. The van der Waals surface area contributed by atoms with Gasteiger partial charge in [-0.25, -0.2) is 4.98 Å². The highest BCUT2D eigenvalue weighted by Gasteiger charge is 2.20. The predicted molar refractivity (Wildman–Crippen MR) is 349 cm³/mol. The van der Waals surface area contributed by atoms with Crippen LogP contribution in [0, 0.1) is 0 Å². The molecule has 0 N–H and O–H groups in total. The number of oxazole rings is 1. The average molecular weight is 1050 g/mol. The van der Waals surface area contributed by atoms with E-state index in [1.807, 2.05) is 30.3 Å². The quantitative estimate of drug-likeness (QED) is 0.156. The zero-order valence-electron chi connectivity index (χ0n) is 44.9. The Morgan fingerprint density at radius 1 is 0.217 bits per heavy atom. The van der Waals surface area contributed by atoms with Gasteiger partial charge in [-0.3, -0.25) is 0 Å². The molecule has 0 radical (unpaired) electrons. The molecule has 384 valence electrons. The second-order valence-electron chi connectivity index (χ2n) is 22.2. The van der Waals surface area contributed by atoms with Crippen molar-refractivity contribution in [3.05, 3.63) is 285 Å². The third-order valence-corrected chi connectivity index (χ3v) is 17.7. The van der Waals surface area contributed by atoms with Crippen LogP contribution in [0.1, 0.15) is 0 Å². The van der Waals surface area contributed by atoms with Crippen molar-refractivity contribution >= 4 is 119 Å². The molecule has 0 atom stereocenters. The molecular weight excluding hydrogens is 1010 g/mol. The summed E-state index contributed by atoms with van der Waals surface area (Å²) in [6, 6.07) is 104. The molecule has 18 aromatic rings. The van der Waals surface area contributed by atoms with Crippen molar-refractivity contribution in [2.75, 3.05) is 0 Å². The number of hydrogen-bond acceptors (Lipinski definition) is 2. The van der Waals surface area contributed by atoms with E-state index < -0.39 is 0 Å². The van der Waals surface area contributed by atoms with Crippen LogP contribution in [-0.4, -0.2) is 14.1 Å². The first-order valence-corrected chi connectivity index (χ1v) is 28.5. The molecule has 4 heteroatoms. The van der Waals surface area contributed by atoms with Crippen molar-refractivity contribution in [2.24, 2.45) is 0 Å². The Hall–Kier alpha value is -11.1. The minimum Gasteiger partial charge on any atom is -0.436 e. The SMILES string of the molecule is c1ccc(-c2nc3cc4c(cc3o2)c2cc(-c3ccc5c(c3)c3ccccc3n5-c3ccc(-c5ccc6c7ccccc7c7ccccc7c6c5)cc3)ccc2n4-c2ccc(-c3ccc4c5ccccc5c5ccccc5c4c3)cc2)cc1. The number of para-hydroxylation sites is 1. The summed E-state index contributed by atoms with van der Waals surface area (Å²) in [5, 5.41) is 20.0. The molecule has 0 saturated carbocycles. The maximum Gasteiger partial charge on any atom is 0.227 e. The van der Waals surface area contributed by atoms with Gasteiger partial charge in [-0.05, 0) is 189 Å². The first-order chi connectivity index (χ1) is 41.1. The van der Waals surface area contributed by atoms with Crippen LogP contribution in [0.3, 0.4) is 0 Å². The van der Waals surface area contributed by atoms with Crippen molar-refractivity contribution in [1.82, 2.24) is 14.1 Å². The Balaban J connectivity index is 0.741. The number of nitrogens with zero attached hydrogens (tertiary/aromatic N) is 3. The minimum atomic E-state index is 0.612. The van der Waals surface area contributed by atoms with Crippen molar-refractivity contribution in [3.8, 4) is 56.2 Å². The fourth-order valence-corrected chi connectivity index (χ4v) is 13.8. The highest BCUT2D eigenvalue weighted by molar-refractivity contribution is 6.27. The molecule has 0 spiro atoms. The van der Waals surface area contributed by atoms with Crippen LogP contribution in [0.4, 0.5) is 0 Å². The Morgan fingerprint density at radius 2 is 0.554 bits per heavy atom. The molecule has 0 bridgehead atoms. The molecule has 0 aliphatic heterocycles. The second kappa shape index (κ2) is 17.7. The highest BCUT2D eigenvalue weighted by Crippen LogP contribution is 2.43. The molecule has 18 rings (SSSR count). The van der Waals surface area contributed by atoms with Crippen LogP contribution < -0.4 is 0 Å². The smallest absolute Gasteiger partial charge is 0.227 e. The Labute approximate surface area is 476 Å². The van der Waals surface area contributed by atoms with Crippen LogP contribution in [0.2, 0.25) is 0 Å². The first-order valence-electron chi connectivity index (χ1n) is 28.5. The molecule has 15 aromatic carbocycles. The van der Waals surface area contributed by atoms with Crippen molar-refractivity contribution < 1.29 is 4.42 Å². The largest absolute Gasteiger partial charge is 0.436 e. The summed E-state index contributed by atoms with van der Waals surface area (Å²) < 4.78 is 11.4. The third kappa shape index (κ3) is 6.97. The zero-order valence-corrected chi connectivity index (χ0v) is 44.9. The molecular formula is C79H47N3O. The summed E-state index contributed by atoms with van der Waals surface area (Å²) in [4.78, 5) is 5.06. The Kier molecular flexibility index (Phi) is 9.77. The van der Waals surface area contributed by atoms with Gasteiger partial charge in [-0.1, -0.05) is 194 Å². The maximum absolute atomic E-state index is 6.56. The van der Waals surface area contributed by atoms with Crippen LogP contribution >= 0.6 is 0 Å². The normalized spacial score (nSPS) is 12.1. The van der Waals surface area contributed by atoms with E-state index >= 15 is 0 Å². The van der Waals surface area contributed by atoms with E-state index in [-0.39, 0.29) is 0 Å². The molecule has 0 aliphatic rings. The summed E-state index contributed by atoms with van der Waals surface area (Å²) in [5.41, 5.74) is 16.3. The van der Waals surface area contributed by atoms with E-state index in [2.05, 4.69) is 264 Å². The monoisotopic (exact) mass is 1050 g/mol. The number of fused-ring (bicyclic) bond motifs is 19. The Bertz CT molecular complexity index is 5660. The minimum absolute atomic E-state index is 0.612. The summed E-state index contributed by atoms with van der Waals surface area (Å²) in [5.74, 6) is 0.612.